The van der Waals surface area contributed by atoms with Gasteiger partial charge in [0, 0.05) is 0 Å². The molecular formula is C13H16N2O6. The molecule has 0 spiro atoms. The lowest BCUT2D eigenvalue weighted by Gasteiger charge is -2.18. The minimum absolute atomic E-state index is 0.00686. The molecule has 0 bridgehead atoms. The predicted octanol–water partition coefficient (Wildman–Crippen LogP) is -0.224. The van der Waals surface area contributed by atoms with Crippen LogP contribution in [0.5, 0.6) is 0 Å². The molecule has 1 aromatic carbocycles. The van der Waals surface area contributed by atoms with Crippen molar-refractivity contribution < 1.29 is 29.3 Å². The standard InChI is InChI=1S/C13H16N2O6/c16-9-15(7-11(17)14-6-12(18)19)13(20)21-8-10-4-2-1-3-5-10/h1-5,16H,6-9H2,(H,14,17)(H,18,19). The fourth-order valence-corrected chi connectivity index (χ4v) is 1.39. The highest BCUT2D eigenvalue weighted by Gasteiger charge is 2.18. The summed E-state index contributed by atoms with van der Waals surface area (Å²) in [7, 11) is 0. The summed E-state index contributed by atoms with van der Waals surface area (Å²) in [5.41, 5.74) is 0.763. The topological polar surface area (TPSA) is 116 Å². The summed E-state index contributed by atoms with van der Waals surface area (Å²) in [6.45, 7) is -1.75. The van der Waals surface area contributed by atoms with E-state index in [9.17, 15) is 14.4 Å². The lowest BCUT2D eigenvalue weighted by atomic mass is 10.2. The first-order valence-electron chi connectivity index (χ1n) is 6.08. The van der Waals surface area contributed by atoms with Gasteiger partial charge in [0.25, 0.3) is 0 Å². The van der Waals surface area contributed by atoms with Gasteiger partial charge in [-0.1, -0.05) is 30.3 Å². The van der Waals surface area contributed by atoms with Crippen LogP contribution in [0.4, 0.5) is 4.79 Å². The number of aliphatic hydroxyl groups excluding tert-OH is 1. The van der Waals surface area contributed by atoms with Gasteiger partial charge in [-0.2, -0.15) is 0 Å². The molecule has 0 radical (unpaired) electrons. The second kappa shape index (κ2) is 8.54. The van der Waals surface area contributed by atoms with E-state index in [2.05, 4.69) is 5.32 Å². The summed E-state index contributed by atoms with van der Waals surface area (Å²) in [5.74, 6) is -1.91. The van der Waals surface area contributed by atoms with Crippen LogP contribution in [-0.2, 0) is 20.9 Å². The molecule has 0 aliphatic heterocycles. The average molecular weight is 296 g/mol. The molecule has 1 aromatic rings. The molecular weight excluding hydrogens is 280 g/mol. The first kappa shape index (κ1) is 16.4. The molecule has 0 aliphatic rings. The SMILES string of the molecule is O=C(O)CNC(=O)CN(CO)C(=O)OCc1ccccc1. The molecule has 0 fully saturated rings. The maximum Gasteiger partial charge on any atom is 0.412 e. The molecule has 21 heavy (non-hydrogen) atoms. The number of rotatable bonds is 7. The Morgan fingerprint density at radius 1 is 1.19 bits per heavy atom. The van der Waals surface area contributed by atoms with E-state index in [1.807, 2.05) is 6.07 Å². The van der Waals surface area contributed by atoms with Gasteiger partial charge in [-0.3, -0.25) is 14.5 Å². The number of nitrogens with zero attached hydrogens (tertiary/aromatic N) is 1. The third-order valence-corrected chi connectivity index (χ3v) is 2.41. The van der Waals surface area contributed by atoms with E-state index in [-0.39, 0.29) is 6.61 Å². The minimum Gasteiger partial charge on any atom is -0.480 e. The highest BCUT2D eigenvalue weighted by molar-refractivity contribution is 5.85. The number of amides is 2. The van der Waals surface area contributed by atoms with Crippen LogP contribution in [0, 0.1) is 0 Å². The normalized spacial score (nSPS) is 9.76. The van der Waals surface area contributed by atoms with E-state index in [0.29, 0.717) is 0 Å². The van der Waals surface area contributed by atoms with E-state index in [1.165, 1.54) is 0 Å². The Labute approximate surface area is 120 Å². The third kappa shape index (κ3) is 6.39. The van der Waals surface area contributed by atoms with Crippen LogP contribution in [0.2, 0.25) is 0 Å². The number of ether oxygens (including phenoxy) is 1. The van der Waals surface area contributed by atoms with Crippen molar-refractivity contribution in [1.82, 2.24) is 10.2 Å². The van der Waals surface area contributed by atoms with Crippen LogP contribution in [0.1, 0.15) is 5.56 Å². The maximum absolute atomic E-state index is 11.7. The van der Waals surface area contributed by atoms with E-state index < -0.39 is 37.8 Å². The molecule has 0 unspecified atom stereocenters. The van der Waals surface area contributed by atoms with Crippen molar-refractivity contribution in [1.29, 1.82) is 0 Å². The second-order valence-electron chi connectivity index (χ2n) is 4.05. The molecule has 2 amide bonds. The van der Waals surface area contributed by atoms with Crippen LogP contribution in [0.15, 0.2) is 30.3 Å². The molecule has 0 saturated heterocycles. The van der Waals surface area contributed by atoms with Crippen LogP contribution in [0.25, 0.3) is 0 Å². The lowest BCUT2D eigenvalue weighted by molar-refractivity contribution is -0.138. The number of hydrogen-bond donors (Lipinski definition) is 3. The van der Waals surface area contributed by atoms with Crippen molar-refractivity contribution in [3.63, 3.8) is 0 Å². The quantitative estimate of drug-likeness (QED) is 0.599. The molecule has 0 atom stereocenters. The van der Waals surface area contributed by atoms with Crippen molar-refractivity contribution in [2.45, 2.75) is 6.61 Å². The molecule has 0 aliphatic carbocycles. The van der Waals surface area contributed by atoms with Gasteiger partial charge in [-0.25, -0.2) is 4.79 Å². The Morgan fingerprint density at radius 2 is 1.86 bits per heavy atom. The summed E-state index contributed by atoms with van der Waals surface area (Å²) >= 11 is 0. The van der Waals surface area contributed by atoms with Crippen molar-refractivity contribution >= 4 is 18.0 Å². The second-order valence-corrected chi connectivity index (χ2v) is 4.05. The molecule has 8 heteroatoms. The highest BCUT2D eigenvalue weighted by Crippen LogP contribution is 2.02. The fourth-order valence-electron chi connectivity index (χ4n) is 1.39. The van der Waals surface area contributed by atoms with Gasteiger partial charge in [0.05, 0.1) is 0 Å². The van der Waals surface area contributed by atoms with Gasteiger partial charge < -0.3 is 20.3 Å². The van der Waals surface area contributed by atoms with Gasteiger partial charge in [0.2, 0.25) is 5.91 Å². The largest absolute Gasteiger partial charge is 0.480 e. The zero-order valence-electron chi connectivity index (χ0n) is 11.2. The first-order chi connectivity index (χ1) is 10.0. The van der Waals surface area contributed by atoms with Crippen molar-refractivity contribution in [2.75, 3.05) is 19.8 Å². The predicted molar refractivity (Wildman–Crippen MR) is 71.1 cm³/mol. The molecule has 114 valence electrons. The number of carboxylic acid groups (broad SMARTS) is 1. The van der Waals surface area contributed by atoms with Gasteiger partial charge >= 0.3 is 12.1 Å². The van der Waals surface area contributed by atoms with Crippen LogP contribution in [0.3, 0.4) is 0 Å². The highest BCUT2D eigenvalue weighted by atomic mass is 16.6. The number of carboxylic acids is 1. The Kier molecular flexibility index (Phi) is 6.69. The third-order valence-electron chi connectivity index (χ3n) is 2.41. The van der Waals surface area contributed by atoms with E-state index in [1.54, 1.807) is 24.3 Å². The van der Waals surface area contributed by atoms with Gasteiger partial charge in [0.1, 0.15) is 26.4 Å². The van der Waals surface area contributed by atoms with Crippen molar-refractivity contribution in [3.05, 3.63) is 35.9 Å². The van der Waals surface area contributed by atoms with Crippen molar-refractivity contribution in [2.24, 2.45) is 0 Å². The average Bonchev–Trinajstić information content (AvgIpc) is 2.49. The Morgan fingerprint density at radius 3 is 2.43 bits per heavy atom. The molecule has 0 aromatic heterocycles. The number of carbonyl (C=O) groups excluding carboxylic acids is 2. The van der Waals surface area contributed by atoms with E-state index in [0.717, 1.165) is 10.5 Å². The molecule has 8 nitrogen and oxygen atoms in total. The van der Waals surface area contributed by atoms with E-state index in [4.69, 9.17) is 14.9 Å². The number of benzene rings is 1. The van der Waals surface area contributed by atoms with Crippen molar-refractivity contribution in [3.8, 4) is 0 Å². The van der Waals surface area contributed by atoms with Crippen LogP contribution < -0.4 is 5.32 Å². The Bertz CT molecular complexity index is 491. The minimum atomic E-state index is -1.20. The Balaban J connectivity index is 2.42. The molecule has 0 saturated carbocycles. The smallest absolute Gasteiger partial charge is 0.412 e. The molecule has 3 N–H and O–H groups in total. The number of aliphatic carboxylic acids is 1. The lowest BCUT2D eigenvalue weighted by Crippen LogP contribution is -2.42. The van der Waals surface area contributed by atoms with E-state index >= 15 is 0 Å². The Hall–Kier alpha value is -2.61. The zero-order valence-corrected chi connectivity index (χ0v) is 11.2. The summed E-state index contributed by atoms with van der Waals surface area (Å²) in [5, 5.41) is 19.5. The fraction of sp³-hybridized carbons (Fsp3) is 0.308. The summed E-state index contributed by atoms with van der Waals surface area (Å²) in [4.78, 5) is 34.1. The monoisotopic (exact) mass is 296 g/mol. The molecule has 1 rings (SSSR count). The summed E-state index contributed by atoms with van der Waals surface area (Å²) < 4.78 is 4.94. The van der Waals surface area contributed by atoms with Gasteiger partial charge in [0.15, 0.2) is 0 Å². The summed E-state index contributed by atoms with van der Waals surface area (Å²) in [6.07, 6.45) is -0.869. The number of nitrogens with one attached hydrogen (secondary N) is 1. The van der Waals surface area contributed by atoms with Crippen LogP contribution >= 0.6 is 0 Å². The zero-order chi connectivity index (χ0) is 15.7. The van der Waals surface area contributed by atoms with Gasteiger partial charge in [-0.05, 0) is 5.56 Å². The maximum atomic E-state index is 11.7. The van der Waals surface area contributed by atoms with Crippen LogP contribution in [-0.4, -0.2) is 52.9 Å². The van der Waals surface area contributed by atoms with Gasteiger partial charge in [-0.15, -0.1) is 0 Å². The first-order valence-corrected chi connectivity index (χ1v) is 6.08. The molecule has 0 heterocycles. The number of aliphatic hydroxyl groups is 1. The summed E-state index contributed by atoms with van der Waals surface area (Å²) in [6, 6.07) is 8.91. The number of hydrogen-bond acceptors (Lipinski definition) is 5. The number of carbonyl (C=O) groups is 3.